The first-order valence-electron chi connectivity index (χ1n) is 12.3. The maximum Gasteiger partial charge on any atom is 0.287 e. The zero-order valence-electron chi connectivity index (χ0n) is 20.4. The second-order valence-corrected chi connectivity index (χ2v) is 10.6. The Hall–Kier alpha value is -3.79. The van der Waals surface area contributed by atoms with E-state index in [1.54, 1.807) is 24.3 Å². The Kier molecular flexibility index (Phi) is 7.16. The number of nitro benzene ring substituents is 1. The third-order valence-corrected chi connectivity index (χ3v) is 8.18. The van der Waals surface area contributed by atoms with Gasteiger partial charge in [-0.05, 0) is 89.5 Å². The van der Waals surface area contributed by atoms with E-state index in [1.807, 2.05) is 35.2 Å². The van der Waals surface area contributed by atoms with Crippen LogP contribution in [0.4, 0.5) is 10.1 Å². The highest BCUT2D eigenvalue weighted by Crippen LogP contribution is 2.49. The van der Waals surface area contributed by atoms with Gasteiger partial charge in [0.05, 0.1) is 16.6 Å². The van der Waals surface area contributed by atoms with E-state index in [4.69, 9.17) is 4.74 Å². The molecule has 0 unspecified atom stereocenters. The van der Waals surface area contributed by atoms with Crippen molar-refractivity contribution in [1.29, 1.82) is 0 Å². The summed E-state index contributed by atoms with van der Waals surface area (Å²) in [7, 11) is 0. The number of carbonyl (C=O) groups is 2. The maximum absolute atomic E-state index is 13.8. The molecule has 196 valence electrons. The highest BCUT2D eigenvalue weighted by molar-refractivity contribution is 9.10. The van der Waals surface area contributed by atoms with Crippen LogP contribution >= 0.6 is 15.9 Å². The van der Waals surface area contributed by atoms with Gasteiger partial charge in [0.2, 0.25) is 0 Å². The van der Waals surface area contributed by atoms with Crippen LogP contribution in [0, 0.1) is 21.3 Å². The number of benzene rings is 3. The lowest BCUT2D eigenvalue weighted by Gasteiger charge is -2.52. The van der Waals surface area contributed by atoms with E-state index < -0.39 is 22.3 Å². The molecule has 5 rings (SSSR count). The number of likely N-dealkylation sites (tertiary alicyclic amines) is 1. The number of halogens is 2. The molecule has 1 aliphatic heterocycles. The Morgan fingerprint density at radius 3 is 2.29 bits per heavy atom. The van der Waals surface area contributed by atoms with E-state index in [0.29, 0.717) is 24.4 Å². The molecule has 1 heterocycles. The van der Waals surface area contributed by atoms with Crippen LogP contribution in [0.1, 0.15) is 46.4 Å². The third-order valence-electron chi connectivity index (χ3n) is 7.35. The summed E-state index contributed by atoms with van der Waals surface area (Å²) >= 11 is 3.06. The first-order chi connectivity index (χ1) is 18.2. The van der Waals surface area contributed by atoms with E-state index in [2.05, 4.69) is 21.2 Å². The van der Waals surface area contributed by atoms with Crippen LogP contribution in [0.5, 0.6) is 11.5 Å². The van der Waals surface area contributed by atoms with Gasteiger partial charge in [-0.2, -0.15) is 0 Å². The minimum absolute atomic E-state index is 0.0205. The van der Waals surface area contributed by atoms with Crippen LogP contribution in [0.3, 0.4) is 0 Å². The highest BCUT2D eigenvalue weighted by atomic mass is 79.9. The van der Waals surface area contributed by atoms with E-state index in [-0.39, 0.29) is 27.4 Å². The highest BCUT2D eigenvalue weighted by Gasteiger charge is 2.47. The van der Waals surface area contributed by atoms with Gasteiger partial charge in [0.15, 0.2) is 0 Å². The Morgan fingerprint density at radius 2 is 1.66 bits per heavy atom. The SMILES string of the molecule is O=C(NC1CC2(CCN(C(=O)c3ccc(Oc4ccccc4)cc3)CC2)C1)c1cc(F)cc([N+](=O)[O-])c1Br. The van der Waals surface area contributed by atoms with Crippen molar-refractivity contribution in [2.24, 2.45) is 5.41 Å². The number of nitro groups is 1. The number of nitrogens with one attached hydrogen (secondary N) is 1. The van der Waals surface area contributed by atoms with Crippen molar-refractivity contribution in [3.63, 3.8) is 0 Å². The van der Waals surface area contributed by atoms with Crippen LogP contribution in [0.2, 0.25) is 0 Å². The van der Waals surface area contributed by atoms with Crippen LogP contribution < -0.4 is 10.1 Å². The second-order valence-electron chi connectivity index (χ2n) is 9.85. The lowest BCUT2D eigenvalue weighted by atomic mass is 9.60. The molecule has 0 atom stereocenters. The lowest BCUT2D eigenvalue weighted by Crippen LogP contribution is -2.55. The summed E-state index contributed by atoms with van der Waals surface area (Å²) in [6.07, 6.45) is 3.16. The molecule has 3 aromatic carbocycles. The van der Waals surface area contributed by atoms with Crippen molar-refractivity contribution in [2.45, 2.75) is 31.7 Å². The maximum atomic E-state index is 13.8. The average molecular weight is 582 g/mol. The predicted molar refractivity (Wildman–Crippen MR) is 142 cm³/mol. The first kappa shape index (κ1) is 25.8. The molecule has 2 aliphatic rings. The normalized spacial score (nSPS) is 16.5. The molecule has 0 radical (unpaired) electrons. The fraction of sp³-hybridized carbons (Fsp3) is 0.286. The van der Waals surface area contributed by atoms with Gasteiger partial charge < -0.3 is 15.0 Å². The number of amides is 2. The van der Waals surface area contributed by atoms with Gasteiger partial charge in [-0.1, -0.05) is 18.2 Å². The number of hydrogen-bond acceptors (Lipinski definition) is 5. The Bertz CT molecular complexity index is 1370. The molecule has 2 amide bonds. The van der Waals surface area contributed by atoms with Crippen molar-refractivity contribution in [3.05, 3.63) is 98.3 Å². The van der Waals surface area contributed by atoms with Crippen molar-refractivity contribution < 1.29 is 23.6 Å². The number of nitrogens with zero attached hydrogens (tertiary/aromatic N) is 2. The second kappa shape index (κ2) is 10.5. The van der Waals surface area contributed by atoms with Crippen molar-refractivity contribution in [2.75, 3.05) is 13.1 Å². The molecule has 10 heteroatoms. The molecule has 2 fully saturated rings. The number of carbonyl (C=O) groups excluding carboxylic acids is 2. The molecule has 0 aromatic heterocycles. The Balaban J connectivity index is 1.12. The summed E-state index contributed by atoms with van der Waals surface area (Å²) in [6.45, 7) is 1.26. The molecule has 38 heavy (non-hydrogen) atoms. The summed E-state index contributed by atoms with van der Waals surface area (Å²) < 4.78 is 19.6. The minimum Gasteiger partial charge on any atom is -0.457 e. The van der Waals surface area contributed by atoms with Gasteiger partial charge in [0, 0.05) is 24.7 Å². The van der Waals surface area contributed by atoms with Crippen LogP contribution in [0.15, 0.2) is 71.2 Å². The fourth-order valence-corrected chi connectivity index (χ4v) is 5.84. The number of rotatable bonds is 6. The summed E-state index contributed by atoms with van der Waals surface area (Å²) in [5, 5.41) is 14.0. The summed E-state index contributed by atoms with van der Waals surface area (Å²) in [5.41, 5.74) is 0.0663. The van der Waals surface area contributed by atoms with Gasteiger partial charge in [0.1, 0.15) is 21.8 Å². The van der Waals surface area contributed by atoms with Crippen LogP contribution in [-0.2, 0) is 0 Å². The number of hydrogen-bond donors (Lipinski definition) is 1. The van der Waals surface area contributed by atoms with Gasteiger partial charge in [-0.25, -0.2) is 4.39 Å². The smallest absolute Gasteiger partial charge is 0.287 e. The predicted octanol–water partition coefficient (Wildman–Crippen LogP) is 6.10. The first-order valence-corrected chi connectivity index (χ1v) is 13.1. The molecule has 1 saturated heterocycles. The molecular weight excluding hydrogens is 557 g/mol. The topological polar surface area (TPSA) is 102 Å². The molecule has 1 aliphatic carbocycles. The Labute approximate surface area is 227 Å². The zero-order chi connectivity index (χ0) is 26.9. The molecular formula is C28H25BrFN3O5. The lowest BCUT2D eigenvalue weighted by molar-refractivity contribution is -0.385. The number of piperidine rings is 1. The number of para-hydroxylation sites is 1. The molecule has 1 spiro atoms. The zero-order valence-corrected chi connectivity index (χ0v) is 21.9. The van der Waals surface area contributed by atoms with Gasteiger partial charge in [-0.3, -0.25) is 19.7 Å². The van der Waals surface area contributed by atoms with Crippen LogP contribution in [0.25, 0.3) is 0 Å². The van der Waals surface area contributed by atoms with Gasteiger partial charge in [0.25, 0.3) is 17.5 Å². The van der Waals surface area contributed by atoms with Gasteiger partial charge in [-0.15, -0.1) is 0 Å². The van der Waals surface area contributed by atoms with E-state index in [1.165, 1.54) is 0 Å². The standard InChI is InChI=1S/C28H25BrFN3O5/c29-25-23(14-19(30)15-24(25)33(36)37)26(34)31-20-16-28(17-20)10-12-32(13-11-28)27(35)18-6-8-22(9-7-18)38-21-4-2-1-3-5-21/h1-9,14-15,20H,10-13,16-17H2,(H,31,34). The fourth-order valence-electron chi connectivity index (χ4n) is 5.29. The van der Waals surface area contributed by atoms with Crippen molar-refractivity contribution in [3.8, 4) is 11.5 Å². The van der Waals surface area contributed by atoms with E-state index in [9.17, 15) is 24.1 Å². The molecule has 8 nitrogen and oxygen atoms in total. The van der Waals surface area contributed by atoms with Crippen molar-refractivity contribution >= 4 is 33.4 Å². The largest absolute Gasteiger partial charge is 0.457 e. The molecule has 3 aromatic rings. The summed E-state index contributed by atoms with van der Waals surface area (Å²) in [6, 6.07) is 18.2. The van der Waals surface area contributed by atoms with Crippen molar-refractivity contribution in [1.82, 2.24) is 10.2 Å². The monoisotopic (exact) mass is 581 g/mol. The molecule has 1 saturated carbocycles. The molecule has 1 N–H and O–H groups in total. The average Bonchev–Trinajstić information content (AvgIpc) is 2.89. The summed E-state index contributed by atoms with van der Waals surface area (Å²) in [5.74, 6) is -0.0226. The van der Waals surface area contributed by atoms with E-state index in [0.717, 1.165) is 43.6 Å². The van der Waals surface area contributed by atoms with Gasteiger partial charge >= 0.3 is 0 Å². The molecule has 0 bridgehead atoms. The number of ether oxygens (including phenoxy) is 1. The Morgan fingerprint density at radius 1 is 1.03 bits per heavy atom. The minimum atomic E-state index is -0.842. The van der Waals surface area contributed by atoms with E-state index >= 15 is 0 Å². The van der Waals surface area contributed by atoms with Crippen LogP contribution in [-0.4, -0.2) is 40.8 Å². The summed E-state index contributed by atoms with van der Waals surface area (Å²) in [4.78, 5) is 38.0. The third kappa shape index (κ3) is 5.40. The quantitative estimate of drug-likeness (QED) is 0.280.